The minimum atomic E-state index is 0.646. The standard InChI is InChI=1S/C9H11NO/c1-11-7-9(10)8-5-3-2-4-6-8/h2-7H,10H2,1H3/b9-7-. The Morgan fingerprint density at radius 2 is 2.00 bits per heavy atom. The molecule has 0 unspecified atom stereocenters. The zero-order chi connectivity index (χ0) is 8.10. The van der Waals surface area contributed by atoms with Gasteiger partial charge in [0.15, 0.2) is 0 Å². The van der Waals surface area contributed by atoms with Crippen molar-refractivity contribution >= 4 is 5.70 Å². The Hall–Kier alpha value is -1.44. The van der Waals surface area contributed by atoms with Gasteiger partial charge in [-0.2, -0.15) is 0 Å². The minimum absolute atomic E-state index is 0.646. The molecule has 0 fully saturated rings. The molecule has 0 aromatic heterocycles. The van der Waals surface area contributed by atoms with Crippen molar-refractivity contribution in [3.8, 4) is 0 Å². The second-order valence-corrected chi connectivity index (χ2v) is 2.17. The van der Waals surface area contributed by atoms with E-state index in [4.69, 9.17) is 10.5 Å². The van der Waals surface area contributed by atoms with Gasteiger partial charge in [0, 0.05) is 5.56 Å². The Morgan fingerprint density at radius 3 is 2.55 bits per heavy atom. The number of hydrogen-bond donors (Lipinski definition) is 1. The van der Waals surface area contributed by atoms with Crippen molar-refractivity contribution in [3.05, 3.63) is 42.2 Å². The second kappa shape index (κ2) is 3.66. The summed E-state index contributed by atoms with van der Waals surface area (Å²) in [7, 11) is 1.58. The Labute approximate surface area is 66.3 Å². The lowest BCUT2D eigenvalue weighted by Gasteiger charge is -1.98. The van der Waals surface area contributed by atoms with Crippen LogP contribution in [-0.2, 0) is 4.74 Å². The molecule has 0 bridgehead atoms. The molecule has 1 aromatic rings. The van der Waals surface area contributed by atoms with Crippen LogP contribution in [0.15, 0.2) is 36.6 Å². The fraction of sp³-hybridized carbons (Fsp3) is 0.111. The van der Waals surface area contributed by atoms with E-state index in [-0.39, 0.29) is 0 Å². The van der Waals surface area contributed by atoms with E-state index in [0.29, 0.717) is 5.70 Å². The van der Waals surface area contributed by atoms with E-state index in [1.54, 1.807) is 7.11 Å². The molecule has 0 aliphatic carbocycles. The SMILES string of the molecule is CO/C=C(\N)c1ccccc1. The molecule has 0 spiro atoms. The number of ether oxygens (including phenoxy) is 1. The first-order chi connectivity index (χ1) is 5.34. The predicted octanol–water partition coefficient (Wildman–Crippen LogP) is 1.59. The van der Waals surface area contributed by atoms with E-state index >= 15 is 0 Å². The maximum atomic E-state index is 5.64. The first kappa shape index (κ1) is 7.66. The van der Waals surface area contributed by atoms with Crippen LogP contribution in [0.3, 0.4) is 0 Å². The van der Waals surface area contributed by atoms with Crippen molar-refractivity contribution in [2.75, 3.05) is 7.11 Å². The van der Waals surface area contributed by atoms with E-state index in [2.05, 4.69) is 0 Å². The van der Waals surface area contributed by atoms with E-state index in [9.17, 15) is 0 Å². The summed E-state index contributed by atoms with van der Waals surface area (Å²) >= 11 is 0. The third-order valence-corrected chi connectivity index (χ3v) is 1.35. The molecule has 0 aliphatic heterocycles. The van der Waals surface area contributed by atoms with Gasteiger partial charge in [-0.1, -0.05) is 30.3 Å². The van der Waals surface area contributed by atoms with Gasteiger partial charge in [0.05, 0.1) is 12.8 Å². The van der Waals surface area contributed by atoms with Crippen LogP contribution >= 0.6 is 0 Å². The van der Waals surface area contributed by atoms with Gasteiger partial charge >= 0.3 is 0 Å². The molecule has 11 heavy (non-hydrogen) atoms. The Morgan fingerprint density at radius 1 is 1.36 bits per heavy atom. The highest BCUT2D eigenvalue weighted by Crippen LogP contribution is 2.06. The summed E-state index contributed by atoms with van der Waals surface area (Å²) in [5.74, 6) is 0. The third-order valence-electron chi connectivity index (χ3n) is 1.35. The molecule has 1 rings (SSSR count). The van der Waals surface area contributed by atoms with Crippen molar-refractivity contribution in [2.45, 2.75) is 0 Å². The zero-order valence-corrected chi connectivity index (χ0v) is 6.45. The van der Waals surface area contributed by atoms with Gasteiger partial charge in [0.1, 0.15) is 6.26 Å². The fourth-order valence-corrected chi connectivity index (χ4v) is 0.826. The zero-order valence-electron chi connectivity index (χ0n) is 6.45. The highest BCUT2D eigenvalue weighted by atomic mass is 16.5. The second-order valence-electron chi connectivity index (χ2n) is 2.17. The molecule has 0 amide bonds. The van der Waals surface area contributed by atoms with Gasteiger partial charge in [-0.15, -0.1) is 0 Å². The van der Waals surface area contributed by atoms with Crippen LogP contribution in [-0.4, -0.2) is 7.11 Å². The molecule has 0 radical (unpaired) electrons. The van der Waals surface area contributed by atoms with Gasteiger partial charge in [-0.05, 0) is 0 Å². The van der Waals surface area contributed by atoms with Gasteiger partial charge in [0.25, 0.3) is 0 Å². The Balaban J connectivity index is 2.85. The van der Waals surface area contributed by atoms with Crippen LogP contribution in [0.1, 0.15) is 5.56 Å². The molecule has 2 nitrogen and oxygen atoms in total. The first-order valence-corrected chi connectivity index (χ1v) is 3.38. The molecule has 2 heteroatoms. The maximum absolute atomic E-state index is 5.64. The maximum Gasteiger partial charge on any atom is 0.106 e. The monoisotopic (exact) mass is 149 g/mol. The molecule has 58 valence electrons. The van der Waals surface area contributed by atoms with Crippen molar-refractivity contribution in [1.29, 1.82) is 0 Å². The lowest BCUT2D eigenvalue weighted by molar-refractivity contribution is 0.339. The summed E-state index contributed by atoms with van der Waals surface area (Å²) in [5, 5.41) is 0. The highest BCUT2D eigenvalue weighted by Gasteiger charge is 1.92. The molecule has 2 N–H and O–H groups in total. The van der Waals surface area contributed by atoms with Crippen molar-refractivity contribution < 1.29 is 4.74 Å². The molecule has 0 atom stereocenters. The summed E-state index contributed by atoms with van der Waals surface area (Å²) in [6.45, 7) is 0. The van der Waals surface area contributed by atoms with E-state index in [1.165, 1.54) is 6.26 Å². The summed E-state index contributed by atoms with van der Waals surface area (Å²) in [4.78, 5) is 0. The van der Waals surface area contributed by atoms with Crippen LogP contribution in [0.2, 0.25) is 0 Å². The predicted molar refractivity (Wildman–Crippen MR) is 45.6 cm³/mol. The van der Waals surface area contributed by atoms with Gasteiger partial charge < -0.3 is 10.5 Å². The number of rotatable bonds is 2. The molecule has 1 aromatic carbocycles. The number of benzene rings is 1. The topological polar surface area (TPSA) is 35.2 Å². The average Bonchev–Trinajstić information content (AvgIpc) is 2.07. The number of nitrogens with two attached hydrogens (primary N) is 1. The van der Waals surface area contributed by atoms with Crippen molar-refractivity contribution in [1.82, 2.24) is 0 Å². The van der Waals surface area contributed by atoms with Crippen LogP contribution < -0.4 is 5.73 Å². The first-order valence-electron chi connectivity index (χ1n) is 3.38. The smallest absolute Gasteiger partial charge is 0.106 e. The molecular weight excluding hydrogens is 138 g/mol. The largest absolute Gasteiger partial charge is 0.502 e. The van der Waals surface area contributed by atoms with Crippen LogP contribution in [0.25, 0.3) is 5.70 Å². The lowest BCUT2D eigenvalue weighted by Crippen LogP contribution is -1.95. The molecule has 0 aliphatic rings. The van der Waals surface area contributed by atoms with Crippen LogP contribution in [0, 0.1) is 0 Å². The van der Waals surface area contributed by atoms with Crippen molar-refractivity contribution in [2.24, 2.45) is 5.73 Å². The highest BCUT2D eigenvalue weighted by molar-refractivity contribution is 5.61. The molecular formula is C9H11NO. The van der Waals surface area contributed by atoms with Crippen LogP contribution in [0.4, 0.5) is 0 Å². The number of methoxy groups -OCH3 is 1. The van der Waals surface area contributed by atoms with E-state index in [0.717, 1.165) is 5.56 Å². The third kappa shape index (κ3) is 2.00. The normalized spacial score (nSPS) is 11.2. The summed E-state index contributed by atoms with van der Waals surface area (Å²) in [6, 6.07) is 9.69. The van der Waals surface area contributed by atoms with E-state index < -0.39 is 0 Å². The molecule has 0 heterocycles. The van der Waals surface area contributed by atoms with Gasteiger partial charge in [-0.3, -0.25) is 0 Å². The quantitative estimate of drug-likeness (QED) is 0.648. The van der Waals surface area contributed by atoms with Gasteiger partial charge in [0.2, 0.25) is 0 Å². The summed E-state index contributed by atoms with van der Waals surface area (Å²) < 4.78 is 4.77. The molecule has 0 saturated heterocycles. The van der Waals surface area contributed by atoms with E-state index in [1.807, 2.05) is 30.3 Å². The van der Waals surface area contributed by atoms with Crippen LogP contribution in [0.5, 0.6) is 0 Å². The van der Waals surface area contributed by atoms with Gasteiger partial charge in [-0.25, -0.2) is 0 Å². The lowest BCUT2D eigenvalue weighted by atomic mass is 10.2. The Bertz CT molecular complexity index is 241. The van der Waals surface area contributed by atoms with Crippen molar-refractivity contribution in [3.63, 3.8) is 0 Å². The average molecular weight is 149 g/mol. The number of hydrogen-bond acceptors (Lipinski definition) is 2. The molecule has 0 saturated carbocycles. The minimum Gasteiger partial charge on any atom is -0.502 e. The fourth-order valence-electron chi connectivity index (χ4n) is 0.826. The summed E-state index contributed by atoms with van der Waals surface area (Å²) in [5.41, 5.74) is 7.27. The summed E-state index contributed by atoms with van der Waals surface area (Å²) in [6.07, 6.45) is 1.52. The Kier molecular flexibility index (Phi) is 2.55.